The highest BCUT2D eigenvalue weighted by Crippen LogP contribution is 2.37. The fourth-order valence-electron chi connectivity index (χ4n) is 4.59. The lowest BCUT2D eigenvalue weighted by Gasteiger charge is -2.24. The second-order valence-corrected chi connectivity index (χ2v) is 8.45. The van der Waals surface area contributed by atoms with E-state index in [9.17, 15) is 14.7 Å². The van der Waals surface area contributed by atoms with Gasteiger partial charge in [0.15, 0.2) is 0 Å². The minimum atomic E-state index is -0.563. The number of phenolic OH excluding ortho intramolecular Hbond substituents is 1. The smallest absolute Gasteiger partial charge is 0.340 e. The molecule has 158 valence electrons. The highest BCUT2D eigenvalue weighted by atomic mass is 35.5. The Balaban J connectivity index is 1.44. The van der Waals surface area contributed by atoms with Crippen molar-refractivity contribution in [3.05, 3.63) is 74.2 Å². The molecule has 1 aliphatic carbocycles. The number of halogens is 1. The number of aromatic hydroxyl groups is 1. The highest BCUT2D eigenvalue weighted by Gasteiger charge is 2.27. The Kier molecular flexibility index (Phi) is 4.74. The van der Waals surface area contributed by atoms with Gasteiger partial charge in [-0.2, -0.15) is 0 Å². The van der Waals surface area contributed by atoms with Gasteiger partial charge in [0.2, 0.25) is 5.91 Å². The Morgan fingerprint density at radius 3 is 2.97 bits per heavy atom. The molecule has 0 saturated heterocycles. The zero-order valence-electron chi connectivity index (χ0n) is 16.9. The molecule has 1 aliphatic rings. The number of fused-ring (bicyclic) bond motifs is 4. The van der Waals surface area contributed by atoms with Gasteiger partial charge in [-0.15, -0.1) is 0 Å². The van der Waals surface area contributed by atoms with Crippen LogP contribution in [-0.4, -0.2) is 16.0 Å². The molecule has 2 heterocycles. The van der Waals surface area contributed by atoms with E-state index in [1.54, 1.807) is 13.0 Å². The molecule has 0 saturated carbocycles. The van der Waals surface area contributed by atoms with Crippen LogP contribution in [0, 0.1) is 6.92 Å². The number of hydrogen-bond donors (Lipinski definition) is 3. The Morgan fingerprint density at radius 1 is 1.29 bits per heavy atom. The van der Waals surface area contributed by atoms with E-state index in [0.717, 1.165) is 35.9 Å². The second kappa shape index (κ2) is 7.46. The van der Waals surface area contributed by atoms with Crippen molar-refractivity contribution in [3.8, 4) is 5.75 Å². The van der Waals surface area contributed by atoms with Crippen molar-refractivity contribution in [2.45, 2.75) is 38.6 Å². The van der Waals surface area contributed by atoms with E-state index in [0.29, 0.717) is 27.1 Å². The summed E-state index contributed by atoms with van der Waals surface area (Å²) in [7, 11) is 0. The molecule has 6 nitrogen and oxygen atoms in total. The summed E-state index contributed by atoms with van der Waals surface area (Å²) in [5.41, 5.74) is 3.82. The average molecular weight is 437 g/mol. The summed E-state index contributed by atoms with van der Waals surface area (Å²) in [5, 5.41) is 15.2. The van der Waals surface area contributed by atoms with Crippen LogP contribution in [0.4, 0.5) is 0 Å². The molecule has 4 aromatic rings. The van der Waals surface area contributed by atoms with E-state index >= 15 is 0 Å². The van der Waals surface area contributed by atoms with E-state index in [2.05, 4.69) is 10.3 Å². The van der Waals surface area contributed by atoms with Crippen molar-refractivity contribution in [1.82, 2.24) is 10.3 Å². The number of amides is 1. The number of H-pyrrole nitrogens is 1. The fourth-order valence-corrected chi connectivity index (χ4v) is 4.81. The Morgan fingerprint density at radius 2 is 2.13 bits per heavy atom. The van der Waals surface area contributed by atoms with Gasteiger partial charge in [0.05, 0.1) is 28.6 Å². The molecule has 0 radical (unpaired) electrons. The van der Waals surface area contributed by atoms with Crippen LogP contribution in [0.2, 0.25) is 5.02 Å². The molecular weight excluding hydrogens is 416 g/mol. The molecule has 1 amide bonds. The summed E-state index contributed by atoms with van der Waals surface area (Å²) >= 11 is 6.35. The first-order valence-corrected chi connectivity index (χ1v) is 10.6. The molecule has 0 spiro atoms. The number of carbonyl (C=O) groups is 1. The van der Waals surface area contributed by atoms with Gasteiger partial charge in [0.1, 0.15) is 11.3 Å². The molecule has 2 aromatic heterocycles. The number of rotatable bonds is 3. The maximum Gasteiger partial charge on any atom is 0.340 e. The third-order valence-electron chi connectivity index (χ3n) is 6.14. The molecular formula is C24H21ClN2O4. The van der Waals surface area contributed by atoms with Crippen LogP contribution in [0.15, 0.2) is 45.6 Å². The molecule has 3 N–H and O–H groups in total. The van der Waals surface area contributed by atoms with Crippen LogP contribution in [-0.2, 0) is 17.6 Å². The predicted octanol–water partition coefficient (Wildman–Crippen LogP) is 4.68. The molecule has 31 heavy (non-hydrogen) atoms. The zero-order valence-corrected chi connectivity index (χ0v) is 17.7. The van der Waals surface area contributed by atoms with Crippen LogP contribution < -0.4 is 10.9 Å². The van der Waals surface area contributed by atoms with Crippen molar-refractivity contribution in [1.29, 1.82) is 0 Å². The number of para-hydroxylation sites is 1. The van der Waals surface area contributed by atoms with Gasteiger partial charge in [0, 0.05) is 22.5 Å². The molecule has 0 fully saturated rings. The van der Waals surface area contributed by atoms with Gasteiger partial charge in [-0.3, -0.25) is 4.79 Å². The van der Waals surface area contributed by atoms with Gasteiger partial charge >= 0.3 is 5.63 Å². The summed E-state index contributed by atoms with van der Waals surface area (Å²) in [4.78, 5) is 28.8. The Labute approximate surface area is 182 Å². The highest BCUT2D eigenvalue weighted by molar-refractivity contribution is 6.35. The van der Waals surface area contributed by atoms with Crippen LogP contribution >= 0.6 is 11.6 Å². The van der Waals surface area contributed by atoms with Crippen molar-refractivity contribution in [2.75, 3.05) is 0 Å². The van der Waals surface area contributed by atoms with E-state index in [-0.39, 0.29) is 24.1 Å². The third kappa shape index (κ3) is 3.37. The number of aromatic nitrogens is 1. The van der Waals surface area contributed by atoms with Gasteiger partial charge in [-0.05, 0) is 55.5 Å². The SMILES string of the molecule is Cc1c(CC(=O)N[C@H]2CCCc3c2[nH]c2c(Cl)cccc32)c(=O)oc2cc(O)ccc12. The number of carbonyl (C=O) groups excluding carboxylic acids is 1. The van der Waals surface area contributed by atoms with Crippen molar-refractivity contribution < 1.29 is 14.3 Å². The predicted molar refractivity (Wildman–Crippen MR) is 120 cm³/mol. The lowest BCUT2D eigenvalue weighted by atomic mass is 9.91. The van der Waals surface area contributed by atoms with E-state index in [1.807, 2.05) is 18.2 Å². The molecule has 5 rings (SSSR count). The molecule has 0 bridgehead atoms. The van der Waals surface area contributed by atoms with E-state index < -0.39 is 5.63 Å². The van der Waals surface area contributed by atoms with E-state index in [1.165, 1.54) is 17.7 Å². The lowest BCUT2D eigenvalue weighted by Crippen LogP contribution is -2.33. The Bertz CT molecular complexity index is 1400. The van der Waals surface area contributed by atoms with Crippen molar-refractivity contribution >= 4 is 39.4 Å². The summed E-state index contributed by atoms with van der Waals surface area (Å²) in [6.07, 6.45) is 2.63. The first-order chi connectivity index (χ1) is 14.9. The average Bonchev–Trinajstić information content (AvgIpc) is 3.12. The summed E-state index contributed by atoms with van der Waals surface area (Å²) in [6.45, 7) is 1.79. The van der Waals surface area contributed by atoms with Crippen LogP contribution in [0.3, 0.4) is 0 Å². The first-order valence-electron chi connectivity index (χ1n) is 10.3. The van der Waals surface area contributed by atoms with Gasteiger partial charge in [-0.1, -0.05) is 23.7 Å². The standard InChI is InChI=1S/C24H21ClN2O4/c1-12-14-9-8-13(28)10-20(14)31-24(30)17(12)11-21(29)26-19-7-3-5-16-15-4-2-6-18(25)22(15)27-23(16)19/h2,4,6,8-10,19,27-28H,3,5,7,11H2,1H3,(H,26,29)/t19-/m0/s1. The molecule has 1 atom stereocenters. The van der Waals surface area contributed by atoms with Gasteiger partial charge in [-0.25, -0.2) is 4.79 Å². The number of aryl methyl sites for hydroxylation is 2. The van der Waals surface area contributed by atoms with Crippen LogP contribution in [0.5, 0.6) is 5.75 Å². The lowest BCUT2D eigenvalue weighted by molar-refractivity contribution is -0.121. The van der Waals surface area contributed by atoms with Crippen molar-refractivity contribution in [2.24, 2.45) is 0 Å². The fraction of sp³-hybridized carbons (Fsp3) is 0.250. The minimum Gasteiger partial charge on any atom is -0.508 e. The van der Waals surface area contributed by atoms with Gasteiger partial charge < -0.3 is 19.8 Å². The summed E-state index contributed by atoms with van der Waals surface area (Å²) < 4.78 is 5.34. The second-order valence-electron chi connectivity index (χ2n) is 8.04. The van der Waals surface area contributed by atoms with Crippen molar-refractivity contribution in [3.63, 3.8) is 0 Å². The maximum absolute atomic E-state index is 12.9. The molecule has 2 aromatic carbocycles. The number of hydrogen-bond acceptors (Lipinski definition) is 4. The number of aromatic amines is 1. The summed E-state index contributed by atoms with van der Waals surface area (Å²) in [6, 6.07) is 10.3. The largest absolute Gasteiger partial charge is 0.508 e. The number of phenols is 1. The third-order valence-corrected chi connectivity index (χ3v) is 6.45. The topological polar surface area (TPSA) is 95.3 Å². The zero-order chi connectivity index (χ0) is 21.7. The van der Waals surface area contributed by atoms with Crippen LogP contribution in [0.1, 0.15) is 41.3 Å². The molecule has 0 aliphatic heterocycles. The molecule has 7 heteroatoms. The quantitative estimate of drug-likeness (QED) is 0.406. The normalized spacial score (nSPS) is 15.9. The maximum atomic E-state index is 12.9. The first kappa shape index (κ1) is 19.7. The summed E-state index contributed by atoms with van der Waals surface area (Å²) in [5.74, 6) is -0.219. The Hall–Kier alpha value is -3.25. The van der Waals surface area contributed by atoms with Crippen LogP contribution in [0.25, 0.3) is 21.9 Å². The number of benzene rings is 2. The minimum absolute atomic E-state index is 0.0204. The van der Waals surface area contributed by atoms with Gasteiger partial charge in [0.25, 0.3) is 0 Å². The number of nitrogens with one attached hydrogen (secondary N) is 2. The monoisotopic (exact) mass is 436 g/mol. The van der Waals surface area contributed by atoms with E-state index in [4.69, 9.17) is 16.0 Å². The molecule has 0 unspecified atom stereocenters.